The largest absolute Gasteiger partial charge is 0.308 e. The van der Waals surface area contributed by atoms with Gasteiger partial charge in [-0.25, -0.2) is 0 Å². The maximum absolute atomic E-state index is 3.72. The molecule has 0 saturated carbocycles. The van der Waals surface area contributed by atoms with E-state index in [0.29, 0.717) is 0 Å². The smallest absolute Gasteiger partial charge is 0.0248 e. The molecule has 2 nitrogen and oxygen atoms in total. The highest BCUT2D eigenvalue weighted by Gasteiger charge is 2.11. The summed E-state index contributed by atoms with van der Waals surface area (Å²) in [5, 5.41) is 3.53. The van der Waals surface area contributed by atoms with Gasteiger partial charge in [0, 0.05) is 36.2 Å². The molecular formula is C17H25BrN2. The van der Waals surface area contributed by atoms with Gasteiger partial charge in [0.15, 0.2) is 0 Å². The Morgan fingerprint density at radius 2 is 2.05 bits per heavy atom. The lowest BCUT2D eigenvalue weighted by atomic mass is 10.1. The van der Waals surface area contributed by atoms with Crippen LogP contribution >= 0.6 is 15.9 Å². The average Bonchev–Trinajstić information content (AvgIpc) is 2.40. The van der Waals surface area contributed by atoms with Gasteiger partial charge in [-0.2, -0.15) is 0 Å². The topological polar surface area (TPSA) is 15.3 Å². The molecular weight excluding hydrogens is 312 g/mol. The van der Waals surface area contributed by atoms with Crippen molar-refractivity contribution in [1.29, 1.82) is 0 Å². The molecule has 1 N–H and O–H groups in total. The summed E-state index contributed by atoms with van der Waals surface area (Å²) in [6.07, 6.45) is 5.71. The van der Waals surface area contributed by atoms with Crippen LogP contribution < -0.4 is 5.32 Å². The summed E-state index contributed by atoms with van der Waals surface area (Å²) in [6.45, 7) is 10.8. The van der Waals surface area contributed by atoms with Gasteiger partial charge in [0.1, 0.15) is 0 Å². The summed E-state index contributed by atoms with van der Waals surface area (Å²) >= 11 is 3.72. The zero-order chi connectivity index (χ0) is 14.6. The summed E-state index contributed by atoms with van der Waals surface area (Å²) in [4.78, 5) is 2.48. The van der Waals surface area contributed by atoms with Gasteiger partial charge in [0.05, 0.1) is 0 Å². The van der Waals surface area contributed by atoms with Crippen molar-refractivity contribution in [3.63, 3.8) is 0 Å². The second kappa shape index (κ2) is 6.88. The van der Waals surface area contributed by atoms with E-state index in [2.05, 4.69) is 77.3 Å². The summed E-state index contributed by atoms with van der Waals surface area (Å²) in [5.74, 6) is 0. The molecule has 0 aromatic heterocycles. The first-order chi connectivity index (χ1) is 9.44. The fourth-order valence-corrected chi connectivity index (χ4v) is 2.82. The molecule has 20 heavy (non-hydrogen) atoms. The standard InChI is InChI=1S/C17H25BrN2/c1-17(2,3)19-12-14-7-8-15(16(18)11-14)13-20-9-5-4-6-10-20/h4-5,7-8,11,19H,6,9-10,12-13H2,1-3H3. The Morgan fingerprint density at radius 3 is 2.65 bits per heavy atom. The molecule has 2 rings (SSSR count). The van der Waals surface area contributed by atoms with Crippen molar-refractivity contribution in [2.24, 2.45) is 0 Å². The molecule has 0 bridgehead atoms. The summed E-state index contributed by atoms with van der Waals surface area (Å²) in [5.41, 5.74) is 2.86. The van der Waals surface area contributed by atoms with Crippen LogP contribution in [0, 0.1) is 0 Å². The average molecular weight is 337 g/mol. The van der Waals surface area contributed by atoms with Crippen LogP contribution in [0.25, 0.3) is 0 Å². The molecule has 110 valence electrons. The van der Waals surface area contributed by atoms with Gasteiger partial charge in [-0.15, -0.1) is 0 Å². The molecule has 0 radical (unpaired) electrons. The molecule has 0 aliphatic carbocycles. The first-order valence-corrected chi connectivity index (χ1v) is 8.13. The lowest BCUT2D eigenvalue weighted by Gasteiger charge is -2.24. The number of hydrogen-bond acceptors (Lipinski definition) is 2. The number of nitrogens with zero attached hydrogens (tertiary/aromatic N) is 1. The molecule has 0 atom stereocenters. The first-order valence-electron chi connectivity index (χ1n) is 7.34. The second-order valence-electron chi connectivity index (χ2n) is 6.52. The Kier molecular flexibility index (Phi) is 5.42. The minimum Gasteiger partial charge on any atom is -0.308 e. The van der Waals surface area contributed by atoms with Gasteiger partial charge in [-0.3, -0.25) is 4.90 Å². The van der Waals surface area contributed by atoms with Crippen LogP contribution in [0.4, 0.5) is 0 Å². The predicted octanol–water partition coefficient (Wildman–Crippen LogP) is 4.10. The zero-order valence-corrected chi connectivity index (χ0v) is 14.3. The highest BCUT2D eigenvalue weighted by molar-refractivity contribution is 9.10. The van der Waals surface area contributed by atoms with E-state index in [4.69, 9.17) is 0 Å². The monoisotopic (exact) mass is 336 g/mol. The van der Waals surface area contributed by atoms with Gasteiger partial charge in [-0.05, 0) is 44.4 Å². The minimum atomic E-state index is 0.158. The summed E-state index contributed by atoms with van der Waals surface area (Å²) in [7, 11) is 0. The molecule has 1 heterocycles. The van der Waals surface area contributed by atoms with Crippen LogP contribution in [0.5, 0.6) is 0 Å². The van der Waals surface area contributed by atoms with Crippen molar-refractivity contribution in [3.05, 3.63) is 46.0 Å². The second-order valence-corrected chi connectivity index (χ2v) is 7.38. The Labute approximate surface area is 131 Å². The summed E-state index contributed by atoms with van der Waals surface area (Å²) in [6, 6.07) is 6.73. The molecule has 1 aliphatic rings. The molecule has 1 aliphatic heterocycles. The van der Waals surface area contributed by atoms with E-state index in [9.17, 15) is 0 Å². The normalized spacial score (nSPS) is 16.6. The van der Waals surface area contributed by atoms with Crippen molar-refractivity contribution in [2.75, 3.05) is 13.1 Å². The Bertz CT molecular complexity index is 474. The first kappa shape index (κ1) is 15.7. The van der Waals surface area contributed by atoms with Gasteiger partial charge < -0.3 is 5.32 Å². The molecule has 1 aromatic rings. The predicted molar refractivity (Wildman–Crippen MR) is 89.8 cm³/mol. The molecule has 3 heteroatoms. The Morgan fingerprint density at radius 1 is 1.25 bits per heavy atom. The Balaban J connectivity index is 1.96. The van der Waals surface area contributed by atoms with Crippen LogP contribution in [0.3, 0.4) is 0 Å². The van der Waals surface area contributed by atoms with E-state index < -0.39 is 0 Å². The Hall–Kier alpha value is -0.640. The van der Waals surface area contributed by atoms with Crippen molar-refractivity contribution in [3.8, 4) is 0 Å². The third-order valence-corrected chi connectivity index (χ3v) is 4.21. The lowest BCUT2D eigenvalue weighted by Crippen LogP contribution is -2.35. The van der Waals surface area contributed by atoms with Gasteiger partial charge in [0.2, 0.25) is 0 Å². The van der Waals surface area contributed by atoms with Crippen LogP contribution in [-0.2, 0) is 13.1 Å². The van der Waals surface area contributed by atoms with E-state index in [1.165, 1.54) is 22.0 Å². The maximum Gasteiger partial charge on any atom is 0.0248 e. The number of rotatable bonds is 4. The molecule has 0 amide bonds. The lowest BCUT2D eigenvalue weighted by molar-refractivity contribution is 0.290. The molecule has 0 unspecified atom stereocenters. The van der Waals surface area contributed by atoms with E-state index in [0.717, 1.165) is 26.2 Å². The minimum absolute atomic E-state index is 0.158. The third-order valence-electron chi connectivity index (χ3n) is 3.48. The van der Waals surface area contributed by atoms with Gasteiger partial charge in [0.25, 0.3) is 0 Å². The molecule has 1 aromatic carbocycles. The van der Waals surface area contributed by atoms with Crippen molar-refractivity contribution >= 4 is 15.9 Å². The highest BCUT2D eigenvalue weighted by Crippen LogP contribution is 2.21. The number of halogens is 1. The van der Waals surface area contributed by atoms with Crippen molar-refractivity contribution < 1.29 is 0 Å². The van der Waals surface area contributed by atoms with Crippen LogP contribution in [0.2, 0.25) is 0 Å². The number of nitrogens with one attached hydrogen (secondary N) is 1. The van der Waals surface area contributed by atoms with Crippen molar-refractivity contribution in [1.82, 2.24) is 10.2 Å². The number of hydrogen-bond donors (Lipinski definition) is 1. The van der Waals surface area contributed by atoms with Crippen LogP contribution in [0.15, 0.2) is 34.8 Å². The fourth-order valence-electron chi connectivity index (χ4n) is 2.27. The molecule has 0 spiro atoms. The maximum atomic E-state index is 3.72. The quantitative estimate of drug-likeness (QED) is 0.832. The van der Waals surface area contributed by atoms with E-state index in [1.54, 1.807) is 0 Å². The number of benzene rings is 1. The fraction of sp³-hybridized carbons (Fsp3) is 0.529. The SMILES string of the molecule is CC(C)(C)NCc1ccc(CN2CC=CCC2)c(Br)c1. The zero-order valence-electron chi connectivity index (χ0n) is 12.7. The van der Waals surface area contributed by atoms with Gasteiger partial charge in [-0.1, -0.05) is 40.2 Å². The highest BCUT2D eigenvalue weighted by atomic mass is 79.9. The van der Waals surface area contributed by atoms with Crippen LogP contribution in [0.1, 0.15) is 38.3 Å². The summed E-state index contributed by atoms with van der Waals surface area (Å²) < 4.78 is 1.22. The van der Waals surface area contributed by atoms with Crippen molar-refractivity contribution in [2.45, 2.75) is 45.8 Å². The van der Waals surface area contributed by atoms with E-state index >= 15 is 0 Å². The van der Waals surface area contributed by atoms with Crippen LogP contribution in [-0.4, -0.2) is 23.5 Å². The molecule has 0 saturated heterocycles. The van der Waals surface area contributed by atoms with E-state index in [-0.39, 0.29) is 5.54 Å². The third kappa shape index (κ3) is 5.04. The molecule has 0 fully saturated rings. The van der Waals surface area contributed by atoms with Gasteiger partial charge >= 0.3 is 0 Å². The van der Waals surface area contributed by atoms with E-state index in [1.807, 2.05) is 0 Å².